The number of carbonyl (C=O) groups is 1. The van der Waals surface area contributed by atoms with Crippen molar-refractivity contribution in [2.45, 2.75) is 39.0 Å². The summed E-state index contributed by atoms with van der Waals surface area (Å²) >= 11 is 0. The van der Waals surface area contributed by atoms with E-state index >= 15 is 0 Å². The monoisotopic (exact) mass is 289 g/mol. The lowest BCUT2D eigenvalue weighted by Crippen LogP contribution is -2.34. The third kappa shape index (κ3) is 3.48. The molecule has 0 aromatic heterocycles. The highest BCUT2D eigenvalue weighted by Crippen LogP contribution is 2.29. The summed E-state index contributed by atoms with van der Waals surface area (Å²) in [6.45, 7) is 2.31. The topological polar surface area (TPSA) is 74.7 Å². The van der Waals surface area contributed by atoms with E-state index in [0.717, 1.165) is 25.7 Å². The number of nitrogens with zero attached hydrogens (tertiary/aromatic N) is 1. The smallest absolute Gasteiger partial charge is 0.308 e. The second kappa shape index (κ2) is 5.79. The van der Waals surface area contributed by atoms with Gasteiger partial charge in [0.15, 0.2) is 0 Å². The van der Waals surface area contributed by atoms with Crippen LogP contribution in [-0.4, -0.2) is 42.6 Å². The van der Waals surface area contributed by atoms with E-state index in [-0.39, 0.29) is 24.1 Å². The molecule has 0 amide bonds. The van der Waals surface area contributed by atoms with Crippen LogP contribution in [0.25, 0.3) is 0 Å². The van der Waals surface area contributed by atoms with Crippen LogP contribution in [0.5, 0.6) is 0 Å². The summed E-state index contributed by atoms with van der Waals surface area (Å²) in [6, 6.07) is 0. The first kappa shape index (κ1) is 14.8. The number of rotatable bonds is 4. The van der Waals surface area contributed by atoms with Crippen LogP contribution < -0.4 is 0 Å². The molecule has 1 aliphatic carbocycles. The molecule has 0 aromatic rings. The molecule has 2 rings (SSSR count). The molecule has 5 nitrogen and oxygen atoms in total. The molecule has 0 spiro atoms. The van der Waals surface area contributed by atoms with Crippen LogP contribution in [0.3, 0.4) is 0 Å². The molecular weight excluding hydrogens is 266 g/mol. The number of aliphatic carboxylic acids is 1. The van der Waals surface area contributed by atoms with Gasteiger partial charge in [-0.05, 0) is 24.7 Å². The van der Waals surface area contributed by atoms with Crippen molar-refractivity contribution in [3.8, 4) is 0 Å². The minimum Gasteiger partial charge on any atom is -0.481 e. The molecule has 0 radical (unpaired) electrons. The molecule has 2 atom stereocenters. The third-order valence-corrected chi connectivity index (χ3v) is 6.44. The number of hydrogen-bond donors (Lipinski definition) is 1. The van der Waals surface area contributed by atoms with Crippen LogP contribution >= 0.6 is 0 Å². The van der Waals surface area contributed by atoms with Crippen molar-refractivity contribution in [2.75, 3.05) is 18.8 Å². The third-order valence-electron chi connectivity index (χ3n) is 4.46. The molecule has 1 N–H and O–H groups in total. The molecule has 2 aliphatic rings. The summed E-state index contributed by atoms with van der Waals surface area (Å²) < 4.78 is 26.1. The van der Waals surface area contributed by atoms with E-state index in [1.807, 2.05) is 6.92 Å². The molecular formula is C13H23NO4S. The van der Waals surface area contributed by atoms with Crippen molar-refractivity contribution in [3.05, 3.63) is 0 Å². The highest BCUT2D eigenvalue weighted by atomic mass is 32.2. The average molecular weight is 289 g/mol. The number of carboxylic acid groups (broad SMARTS) is 1. The van der Waals surface area contributed by atoms with Crippen molar-refractivity contribution in [1.82, 2.24) is 4.31 Å². The van der Waals surface area contributed by atoms with Gasteiger partial charge in [-0.15, -0.1) is 0 Å². The molecule has 2 fully saturated rings. The maximum Gasteiger partial charge on any atom is 0.308 e. The van der Waals surface area contributed by atoms with E-state index < -0.39 is 21.9 Å². The zero-order valence-corrected chi connectivity index (χ0v) is 12.2. The second-order valence-corrected chi connectivity index (χ2v) is 8.04. The Balaban J connectivity index is 1.98. The van der Waals surface area contributed by atoms with E-state index in [0.29, 0.717) is 6.54 Å². The number of hydrogen-bond acceptors (Lipinski definition) is 3. The molecule has 19 heavy (non-hydrogen) atoms. The number of sulfonamides is 1. The predicted molar refractivity (Wildman–Crippen MR) is 72.2 cm³/mol. The van der Waals surface area contributed by atoms with Crippen LogP contribution in [0.4, 0.5) is 0 Å². The van der Waals surface area contributed by atoms with Crippen LogP contribution in [0.15, 0.2) is 0 Å². The SMILES string of the molecule is C[C@@H]1CN(S(=O)(=O)CC2CCCCC2)C[C@H]1C(=O)O. The quantitative estimate of drug-likeness (QED) is 0.852. The van der Waals surface area contributed by atoms with Gasteiger partial charge in [-0.2, -0.15) is 0 Å². The summed E-state index contributed by atoms with van der Waals surface area (Å²) in [6.07, 6.45) is 5.43. The van der Waals surface area contributed by atoms with Crippen molar-refractivity contribution < 1.29 is 18.3 Å². The van der Waals surface area contributed by atoms with Gasteiger partial charge in [0.05, 0.1) is 11.7 Å². The van der Waals surface area contributed by atoms with Crippen molar-refractivity contribution in [1.29, 1.82) is 0 Å². The summed E-state index contributed by atoms with van der Waals surface area (Å²) in [5, 5.41) is 9.07. The van der Waals surface area contributed by atoms with Crippen LogP contribution in [0.1, 0.15) is 39.0 Å². The lowest BCUT2D eigenvalue weighted by atomic mass is 9.91. The molecule has 0 unspecified atom stereocenters. The van der Waals surface area contributed by atoms with Gasteiger partial charge in [-0.3, -0.25) is 4.79 Å². The van der Waals surface area contributed by atoms with Crippen LogP contribution in [0, 0.1) is 17.8 Å². The van der Waals surface area contributed by atoms with Gasteiger partial charge in [-0.25, -0.2) is 12.7 Å². The summed E-state index contributed by atoms with van der Waals surface area (Å²) in [5.74, 6) is -1.08. The second-order valence-electron chi connectivity index (χ2n) is 6.02. The van der Waals surface area contributed by atoms with Gasteiger partial charge < -0.3 is 5.11 Å². The predicted octanol–water partition coefficient (Wildman–Crippen LogP) is 1.55. The van der Waals surface area contributed by atoms with Crippen molar-refractivity contribution in [3.63, 3.8) is 0 Å². The number of carboxylic acids is 1. The summed E-state index contributed by atoms with van der Waals surface area (Å²) in [7, 11) is -3.29. The van der Waals surface area contributed by atoms with Gasteiger partial charge in [0.25, 0.3) is 0 Å². The largest absolute Gasteiger partial charge is 0.481 e. The van der Waals surface area contributed by atoms with E-state index in [9.17, 15) is 13.2 Å². The molecule has 1 aliphatic heterocycles. The first-order chi connectivity index (χ1) is 8.90. The Kier molecular flexibility index (Phi) is 4.50. The van der Waals surface area contributed by atoms with Gasteiger partial charge in [-0.1, -0.05) is 26.2 Å². The molecule has 1 heterocycles. The lowest BCUT2D eigenvalue weighted by molar-refractivity contribution is -0.142. The fourth-order valence-corrected chi connectivity index (χ4v) is 5.22. The van der Waals surface area contributed by atoms with Crippen molar-refractivity contribution in [2.24, 2.45) is 17.8 Å². The molecule has 0 bridgehead atoms. The Morgan fingerprint density at radius 1 is 1.21 bits per heavy atom. The zero-order valence-electron chi connectivity index (χ0n) is 11.4. The van der Waals surface area contributed by atoms with Gasteiger partial charge in [0.2, 0.25) is 10.0 Å². The average Bonchev–Trinajstić information content (AvgIpc) is 2.73. The molecule has 6 heteroatoms. The molecule has 1 saturated carbocycles. The summed E-state index contributed by atoms with van der Waals surface area (Å²) in [5.41, 5.74) is 0. The Morgan fingerprint density at radius 2 is 1.84 bits per heavy atom. The van der Waals surface area contributed by atoms with Crippen LogP contribution in [-0.2, 0) is 14.8 Å². The first-order valence-electron chi connectivity index (χ1n) is 7.11. The minimum atomic E-state index is -3.29. The fraction of sp³-hybridized carbons (Fsp3) is 0.923. The summed E-state index contributed by atoms with van der Waals surface area (Å²) in [4.78, 5) is 11.1. The maximum absolute atomic E-state index is 12.3. The van der Waals surface area contributed by atoms with E-state index in [1.54, 1.807) is 0 Å². The molecule has 110 valence electrons. The van der Waals surface area contributed by atoms with Crippen LogP contribution in [0.2, 0.25) is 0 Å². The zero-order chi connectivity index (χ0) is 14.0. The Morgan fingerprint density at radius 3 is 2.37 bits per heavy atom. The Bertz CT molecular complexity index is 428. The minimum absolute atomic E-state index is 0.0985. The molecule has 1 saturated heterocycles. The highest BCUT2D eigenvalue weighted by Gasteiger charge is 2.40. The Labute approximate surface area is 115 Å². The van der Waals surface area contributed by atoms with E-state index in [1.165, 1.54) is 10.7 Å². The molecule has 0 aromatic carbocycles. The standard InChI is InChI=1S/C13H23NO4S/c1-10-7-14(8-12(10)13(15)16)19(17,18)9-11-5-3-2-4-6-11/h10-12H,2-9H2,1H3,(H,15,16)/t10-,12-/m1/s1. The lowest BCUT2D eigenvalue weighted by Gasteiger charge is -2.24. The maximum atomic E-state index is 12.3. The first-order valence-corrected chi connectivity index (χ1v) is 8.71. The van der Waals surface area contributed by atoms with E-state index in [2.05, 4.69) is 0 Å². The van der Waals surface area contributed by atoms with Gasteiger partial charge in [0, 0.05) is 13.1 Å². The highest BCUT2D eigenvalue weighted by molar-refractivity contribution is 7.89. The van der Waals surface area contributed by atoms with Gasteiger partial charge in [0.1, 0.15) is 0 Å². The van der Waals surface area contributed by atoms with Gasteiger partial charge >= 0.3 is 5.97 Å². The normalized spacial score (nSPS) is 30.6. The van der Waals surface area contributed by atoms with E-state index in [4.69, 9.17) is 5.11 Å². The van der Waals surface area contributed by atoms with Crippen molar-refractivity contribution >= 4 is 16.0 Å². The Hall–Kier alpha value is -0.620. The fourth-order valence-electron chi connectivity index (χ4n) is 3.23.